The number of fused-ring (bicyclic) bond motifs is 2. The number of thiazole rings is 1. The molecule has 1 heterocycles. The first-order valence-corrected chi connectivity index (χ1v) is 8.03. The molecule has 2 bridgehead atoms. The number of amides is 1. The highest BCUT2D eigenvalue weighted by molar-refractivity contribution is 7.09. The third-order valence-electron chi connectivity index (χ3n) is 4.63. The third-order valence-corrected chi connectivity index (χ3v) is 5.67. The topological polar surface area (TPSA) is 68.0 Å². The van der Waals surface area contributed by atoms with Crippen LogP contribution in [0.4, 0.5) is 0 Å². The molecule has 4 unspecified atom stereocenters. The molecule has 1 amide bonds. The average molecular weight is 352 g/mol. The van der Waals surface area contributed by atoms with Gasteiger partial charge in [0, 0.05) is 11.4 Å². The monoisotopic (exact) mass is 351 g/mol. The molecule has 4 nitrogen and oxygen atoms in total. The van der Waals surface area contributed by atoms with Crippen molar-refractivity contribution in [1.82, 2.24) is 10.3 Å². The maximum atomic E-state index is 12.3. The Kier molecular flexibility index (Phi) is 6.91. The molecule has 2 fully saturated rings. The lowest BCUT2D eigenvalue weighted by Gasteiger charge is -2.26. The largest absolute Gasteiger partial charge is 0.350 e. The molecule has 1 aromatic rings. The van der Waals surface area contributed by atoms with Gasteiger partial charge in [0.2, 0.25) is 5.91 Å². The highest BCUT2D eigenvalue weighted by Gasteiger charge is 2.48. The number of hydrogen-bond acceptors (Lipinski definition) is 4. The van der Waals surface area contributed by atoms with Gasteiger partial charge >= 0.3 is 0 Å². The summed E-state index contributed by atoms with van der Waals surface area (Å²) in [6.07, 6.45) is 4.49. The van der Waals surface area contributed by atoms with Crippen molar-refractivity contribution < 1.29 is 4.79 Å². The average Bonchev–Trinajstić information content (AvgIpc) is 3.11. The molecule has 0 aliphatic heterocycles. The Morgan fingerprint density at radius 1 is 1.43 bits per heavy atom. The number of aromatic nitrogens is 1. The van der Waals surface area contributed by atoms with E-state index in [-0.39, 0.29) is 42.7 Å². The molecule has 21 heavy (non-hydrogen) atoms. The Hall–Kier alpha value is -0.360. The normalized spacial score (nSPS) is 29.6. The van der Waals surface area contributed by atoms with Gasteiger partial charge in [-0.1, -0.05) is 6.92 Å². The van der Waals surface area contributed by atoms with Gasteiger partial charge in [-0.05, 0) is 37.5 Å². The summed E-state index contributed by atoms with van der Waals surface area (Å²) in [4.78, 5) is 16.7. The smallest absolute Gasteiger partial charge is 0.225 e. The zero-order valence-corrected chi connectivity index (χ0v) is 14.5. The second-order valence-electron chi connectivity index (χ2n) is 5.74. The number of nitrogens with zero attached hydrogens (tertiary/aromatic N) is 1. The fourth-order valence-corrected chi connectivity index (χ4v) is 4.36. The number of hydrogen-bond donors (Lipinski definition) is 2. The fourth-order valence-electron chi connectivity index (χ4n) is 3.61. The molecule has 120 valence electrons. The lowest BCUT2D eigenvalue weighted by molar-refractivity contribution is -0.127. The maximum Gasteiger partial charge on any atom is 0.225 e. The van der Waals surface area contributed by atoms with Gasteiger partial charge in [-0.25, -0.2) is 4.98 Å². The van der Waals surface area contributed by atoms with Gasteiger partial charge in [0.05, 0.1) is 23.2 Å². The number of halogens is 2. The molecule has 7 heteroatoms. The number of nitrogens with two attached hydrogens (primary N) is 1. The van der Waals surface area contributed by atoms with E-state index in [9.17, 15) is 4.79 Å². The predicted molar refractivity (Wildman–Crippen MR) is 90.1 cm³/mol. The summed E-state index contributed by atoms with van der Waals surface area (Å²) >= 11 is 1.66. The molecule has 1 aromatic heterocycles. The second-order valence-corrected chi connectivity index (χ2v) is 6.68. The van der Waals surface area contributed by atoms with Crippen LogP contribution in [0.5, 0.6) is 0 Å². The van der Waals surface area contributed by atoms with Crippen LogP contribution in [0.1, 0.15) is 36.9 Å². The Morgan fingerprint density at radius 2 is 2.14 bits per heavy atom. The SMILES string of the molecule is CCc1nc(CNC(=O)C2C3CCC(C3)C2N)cs1.Cl.Cl. The minimum absolute atomic E-state index is 0. The van der Waals surface area contributed by atoms with Crippen LogP contribution in [0, 0.1) is 17.8 Å². The minimum atomic E-state index is 0. The third kappa shape index (κ3) is 3.70. The van der Waals surface area contributed by atoms with Crippen LogP contribution >= 0.6 is 36.2 Å². The Balaban J connectivity index is 0.00000110. The molecule has 2 aliphatic rings. The van der Waals surface area contributed by atoms with E-state index in [0.717, 1.165) is 23.5 Å². The minimum Gasteiger partial charge on any atom is -0.350 e. The van der Waals surface area contributed by atoms with Crippen LogP contribution in [-0.4, -0.2) is 16.9 Å². The summed E-state index contributed by atoms with van der Waals surface area (Å²) in [6, 6.07) is 0.0698. The van der Waals surface area contributed by atoms with Gasteiger partial charge in [-0.15, -0.1) is 36.2 Å². The lowest BCUT2D eigenvalue weighted by Crippen LogP contribution is -2.45. The summed E-state index contributed by atoms with van der Waals surface area (Å²) < 4.78 is 0. The Labute approximate surface area is 142 Å². The molecule has 4 atom stereocenters. The van der Waals surface area contributed by atoms with E-state index >= 15 is 0 Å². The van der Waals surface area contributed by atoms with Crippen LogP contribution in [0.2, 0.25) is 0 Å². The molecule has 3 rings (SSSR count). The highest BCUT2D eigenvalue weighted by Crippen LogP contribution is 2.47. The Bertz CT molecular complexity index is 481. The number of rotatable bonds is 4. The van der Waals surface area contributed by atoms with Crippen molar-refractivity contribution in [3.63, 3.8) is 0 Å². The van der Waals surface area contributed by atoms with E-state index in [1.54, 1.807) is 11.3 Å². The van der Waals surface area contributed by atoms with Crippen LogP contribution in [-0.2, 0) is 17.8 Å². The van der Waals surface area contributed by atoms with E-state index < -0.39 is 0 Å². The molecule has 0 radical (unpaired) electrons. The first-order valence-electron chi connectivity index (χ1n) is 7.15. The van der Waals surface area contributed by atoms with E-state index in [1.807, 2.05) is 5.38 Å². The highest BCUT2D eigenvalue weighted by atomic mass is 35.5. The van der Waals surface area contributed by atoms with Gasteiger partial charge in [-0.2, -0.15) is 0 Å². The zero-order valence-electron chi connectivity index (χ0n) is 12.1. The predicted octanol–water partition coefficient (Wildman–Crippen LogP) is 2.54. The molecule has 3 N–H and O–H groups in total. The quantitative estimate of drug-likeness (QED) is 0.875. The standard InChI is InChI=1S/C14H21N3OS.2ClH/c1-2-11-17-10(7-19-11)6-16-14(18)12-8-3-4-9(5-8)13(12)15;;/h7-9,12-13H,2-6,15H2,1H3,(H,16,18);2*1H. The summed E-state index contributed by atoms with van der Waals surface area (Å²) in [6.45, 7) is 2.63. The van der Waals surface area contributed by atoms with Crippen molar-refractivity contribution in [2.24, 2.45) is 23.5 Å². The summed E-state index contributed by atoms with van der Waals surface area (Å²) in [5.74, 6) is 1.25. The lowest BCUT2D eigenvalue weighted by atomic mass is 9.84. The zero-order chi connectivity index (χ0) is 13.4. The van der Waals surface area contributed by atoms with Gasteiger partial charge in [0.1, 0.15) is 0 Å². The van der Waals surface area contributed by atoms with Crippen molar-refractivity contribution >= 4 is 42.1 Å². The van der Waals surface area contributed by atoms with Gasteiger partial charge < -0.3 is 11.1 Å². The van der Waals surface area contributed by atoms with E-state index in [2.05, 4.69) is 17.2 Å². The van der Waals surface area contributed by atoms with Crippen molar-refractivity contribution in [3.8, 4) is 0 Å². The fraction of sp³-hybridized carbons (Fsp3) is 0.714. The van der Waals surface area contributed by atoms with Crippen LogP contribution in [0.3, 0.4) is 0 Å². The van der Waals surface area contributed by atoms with Gasteiger partial charge in [-0.3, -0.25) is 4.79 Å². The summed E-state index contributed by atoms with van der Waals surface area (Å²) in [5, 5.41) is 6.17. The maximum absolute atomic E-state index is 12.3. The van der Waals surface area contributed by atoms with E-state index in [0.29, 0.717) is 18.4 Å². The van der Waals surface area contributed by atoms with Crippen LogP contribution in [0.15, 0.2) is 5.38 Å². The second kappa shape index (κ2) is 7.77. The number of carbonyl (C=O) groups is 1. The van der Waals surface area contributed by atoms with Crippen molar-refractivity contribution in [1.29, 1.82) is 0 Å². The van der Waals surface area contributed by atoms with Crippen LogP contribution in [0.25, 0.3) is 0 Å². The number of carbonyl (C=O) groups excluding carboxylic acids is 1. The molecule has 2 aliphatic carbocycles. The number of nitrogens with one attached hydrogen (secondary N) is 1. The van der Waals surface area contributed by atoms with E-state index in [4.69, 9.17) is 5.73 Å². The molecule has 0 saturated heterocycles. The van der Waals surface area contributed by atoms with Crippen molar-refractivity contribution in [2.45, 2.75) is 45.2 Å². The molecule has 0 aromatic carbocycles. The molecular formula is C14H23Cl2N3OS. The summed E-state index contributed by atoms with van der Waals surface area (Å²) in [5.41, 5.74) is 7.15. The van der Waals surface area contributed by atoms with Crippen LogP contribution < -0.4 is 11.1 Å². The van der Waals surface area contributed by atoms with Crippen molar-refractivity contribution in [2.75, 3.05) is 0 Å². The van der Waals surface area contributed by atoms with Gasteiger partial charge in [0.15, 0.2) is 0 Å². The van der Waals surface area contributed by atoms with E-state index in [1.165, 1.54) is 12.8 Å². The van der Waals surface area contributed by atoms with Crippen molar-refractivity contribution in [3.05, 3.63) is 16.1 Å². The number of aryl methyl sites for hydroxylation is 1. The molecule has 2 saturated carbocycles. The first kappa shape index (κ1) is 18.7. The summed E-state index contributed by atoms with van der Waals surface area (Å²) in [7, 11) is 0. The molecular weight excluding hydrogens is 329 g/mol. The Morgan fingerprint density at radius 3 is 2.71 bits per heavy atom. The molecule has 0 spiro atoms. The first-order chi connectivity index (χ1) is 9.19. The van der Waals surface area contributed by atoms with Gasteiger partial charge in [0.25, 0.3) is 0 Å².